The highest BCUT2D eigenvalue weighted by atomic mass is 16.5. The molecule has 1 heterocycles. The normalized spacial score (nSPS) is 19.4. The maximum Gasteiger partial charge on any atom is 0.335 e. The predicted octanol–water partition coefficient (Wildman–Crippen LogP) is 3.28. The minimum absolute atomic E-state index is 0.273. The molecule has 1 saturated heterocycles. The maximum absolute atomic E-state index is 10.9. The number of rotatable bonds is 7. The third kappa shape index (κ3) is 5.05. The van der Waals surface area contributed by atoms with Crippen LogP contribution in [-0.4, -0.2) is 42.2 Å². The summed E-state index contributed by atoms with van der Waals surface area (Å²) < 4.78 is 5.65. The number of hydrogen-bond donors (Lipinski definition) is 1. The number of ether oxygens (including phenoxy) is 1. The van der Waals surface area contributed by atoms with Gasteiger partial charge in [0.05, 0.1) is 12.2 Å². The van der Waals surface area contributed by atoms with Crippen molar-refractivity contribution < 1.29 is 14.6 Å². The van der Waals surface area contributed by atoms with E-state index in [4.69, 9.17) is 9.84 Å². The van der Waals surface area contributed by atoms with Gasteiger partial charge in [0.2, 0.25) is 0 Å². The van der Waals surface area contributed by atoms with E-state index in [2.05, 4.69) is 11.8 Å². The maximum atomic E-state index is 10.9. The largest absolute Gasteiger partial charge is 0.494 e. The fourth-order valence-corrected chi connectivity index (χ4v) is 2.88. The minimum Gasteiger partial charge on any atom is -0.494 e. The molecule has 1 unspecified atom stereocenters. The molecule has 0 spiro atoms. The van der Waals surface area contributed by atoms with E-state index in [1.165, 1.54) is 32.4 Å². The van der Waals surface area contributed by atoms with E-state index in [1.807, 2.05) is 0 Å². The molecule has 2 rings (SSSR count). The summed E-state index contributed by atoms with van der Waals surface area (Å²) >= 11 is 0. The summed E-state index contributed by atoms with van der Waals surface area (Å²) in [6, 6.07) is 6.68. The molecule has 0 radical (unpaired) electrons. The van der Waals surface area contributed by atoms with Crippen LogP contribution in [0.3, 0.4) is 0 Å². The van der Waals surface area contributed by atoms with Crippen LogP contribution in [0.15, 0.2) is 24.3 Å². The van der Waals surface area contributed by atoms with E-state index in [1.54, 1.807) is 24.3 Å². The van der Waals surface area contributed by atoms with E-state index >= 15 is 0 Å². The third-order valence-electron chi connectivity index (χ3n) is 4.15. The van der Waals surface area contributed by atoms with Crippen molar-refractivity contribution in [3.8, 4) is 5.75 Å². The summed E-state index contributed by atoms with van der Waals surface area (Å²) in [5.41, 5.74) is 0.273. The molecule has 1 N–H and O–H groups in total. The van der Waals surface area contributed by atoms with Crippen molar-refractivity contribution in [2.45, 2.75) is 32.6 Å². The molecule has 1 aliphatic heterocycles. The first-order chi connectivity index (χ1) is 10.2. The van der Waals surface area contributed by atoms with E-state index in [0.717, 1.165) is 18.9 Å². The smallest absolute Gasteiger partial charge is 0.335 e. The highest BCUT2D eigenvalue weighted by Crippen LogP contribution is 2.19. The van der Waals surface area contributed by atoms with E-state index in [-0.39, 0.29) is 5.56 Å². The molecule has 4 nitrogen and oxygen atoms in total. The van der Waals surface area contributed by atoms with Gasteiger partial charge < -0.3 is 14.7 Å². The lowest BCUT2D eigenvalue weighted by Crippen LogP contribution is -2.36. The second-order valence-corrected chi connectivity index (χ2v) is 5.75. The molecule has 1 aliphatic rings. The fraction of sp³-hybridized carbons (Fsp3) is 0.588. The van der Waals surface area contributed by atoms with Crippen LogP contribution in [0.25, 0.3) is 0 Å². The van der Waals surface area contributed by atoms with E-state index < -0.39 is 5.97 Å². The summed E-state index contributed by atoms with van der Waals surface area (Å²) in [7, 11) is 0. The lowest BCUT2D eigenvalue weighted by Gasteiger charge is -2.32. The Labute approximate surface area is 126 Å². The fourth-order valence-electron chi connectivity index (χ4n) is 2.88. The SMILES string of the molecule is CCC1CCCN(CCCOc2cccc(C(=O)O)c2)C1. The summed E-state index contributed by atoms with van der Waals surface area (Å²) in [6.07, 6.45) is 4.92. The first-order valence-corrected chi connectivity index (χ1v) is 7.87. The van der Waals surface area contributed by atoms with Crippen LogP contribution in [0, 0.1) is 5.92 Å². The Morgan fingerprint density at radius 2 is 2.33 bits per heavy atom. The molecular weight excluding hydrogens is 266 g/mol. The molecule has 0 aliphatic carbocycles. The number of nitrogens with zero attached hydrogens (tertiary/aromatic N) is 1. The van der Waals surface area contributed by atoms with Crippen LogP contribution in [0.1, 0.15) is 43.0 Å². The van der Waals surface area contributed by atoms with Gasteiger partial charge in [-0.25, -0.2) is 4.79 Å². The van der Waals surface area contributed by atoms with Crippen molar-refractivity contribution >= 4 is 5.97 Å². The Morgan fingerprint density at radius 1 is 1.48 bits per heavy atom. The molecule has 21 heavy (non-hydrogen) atoms. The number of carboxylic acids is 1. The number of aromatic carboxylic acids is 1. The zero-order valence-electron chi connectivity index (χ0n) is 12.8. The third-order valence-corrected chi connectivity index (χ3v) is 4.15. The average molecular weight is 291 g/mol. The van der Waals surface area contributed by atoms with Crippen LogP contribution in [-0.2, 0) is 0 Å². The van der Waals surface area contributed by atoms with Crippen LogP contribution in [0.4, 0.5) is 0 Å². The van der Waals surface area contributed by atoms with Gasteiger partial charge in [-0.3, -0.25) is 0 Å². The molecule has 0 amide bonds. The van der Waals surface area contributed by atoms with Gasteiger partial charge in [-0.15, -0.1) is 0 Å². The van der Waals surface area contributed by atoms with Crippen molar-refractivity contribution in [1.29, 1.82) is 0 Å². The Morgan fingerprint density at radius 3 is 3.10 bits per heavy atom. The van der Waals surface area contributed by atoms with Crippen LogP contribution in [0.2, 0.25) is 0 Å². The molecule has 1 atom stereocenters. The molecule has 0 aromatic heterocycles. The van der Waals surface area contributed by atoms with Gasteiger partial charge in [0.1, 0.15) is 5.75 Å². The van der Waals surface area contributed by atoms with Crippen LogP contribution < -0.4 is 4.74 Å². The highest BCUT2D eigenvalue weighted by molar-refractivity contribution is 5.87. The molecule has 1 aromatic carbocycles. The Bertz CT molecular complexity index is 461. The quantitative estimate of drug-likeness (QED) is 0.783. The van der Waals surface area contributed by atoms with Crippen LogP contribution in [0.5, 0.6) is 5.75 Å². The summed E-state index contributed by atoms with van der Waals surface area (Å²) in [6.45, 7) is 6.38. The summed E-state index contributed by atoms with van der Waals surface area (Å²) in [5, 5.41) is 8.94. The summed E-state index contributed by atoms with van der Waals surface area (Å²) in [5.74, 6) is 0.575. The van der Waals surface area contributed by atoms with Gasteiger partial charge in [-0.1, -0.05) is 19.4 Å². The van der Waals surface area contributed by atoms with Crippen molar-refractivity contribution in [2.24, 2.45) is 5.92 Å². The molecule has 4 heteroatoms. The molecular formula is C17H25NO3. The first-order valence-electron chi connectivity index (χ1n) is 7.87. The lowest BCUT2D eigenvalue weighted by atomic mass is 9.96. The second kappa shape index (κ2) is 8.03. The number of benzene rings is 1. The molecule has 0 saturated carbocycles. The Hall–Kier alpha value is -1.55. The van der Waals surface area contributed by atoms with Crippen molar-refractivity contribution in [3.63, 3.8) is 0 Å². The number of carbonyl (C=O) groups is 1. The molecule has 0 bridgehead atoms. The number of likely N-dealkylation sites (tertiary alicyclic amines) is 1. The van der Waals surface area contributed by atoms with Crippen molar-refractivity contribution in [2.75, 3.05) is 26.2 Å². The van der Waals surface area contributed by atoms with Gasteiger partial charge in [0.15, 0.2) is 0 Å². The minimum atomic E-state index is -0.917. The lowest BCUT2D eigenvalue weighted by molar-refractivity contribution is 0.0696. The Kier molecular flexibility index (Phi) is 6.05. The highest BCUT2D eigenvalue weighted by Gasteiger charge is 2.17. The monoisotopic (exact) mass is 291 g/mol. The number of carboxylic acid groups (broad SMARTS) is 1. The van der Waals surface area contributed by atoms with Crippen molar-refractivity contribution in [3.05, 3.63) is 29.8 Å². The van der Waals surface area contributed by atoms with Gasteiger partial charge >= 0.3 is 5.97 Å². The molecule has 1 fully saturated rings. The standard InChI is InChI=1S/C17H25NO3/c1-2-14-6-4-9-18(13-14)10-5-11-21-16-8-3-7-15(12-16)17(19)20/h3,7-8,12,14H,2,4-6,9-11,13H2,1H3,(H,19,20). The topological polar surface area (TPSA) is 49.8 Å². The average Bonchev–Trinajstić information content (AvgIpc) is 2.52. The van der Waals surface area contributed by atoms with Gasteiger partial charge in [0.25, 0.3) is 0 Å². The Balaban J connectivity index is 1.70. The van der Waals surface area contributed by atoms with E-state index in [9.17, 15) is 4.79 Å². The number of piperidine rings is 1. The summed E-state index contributed by atoms with van der Waals surface area (Å²) in [4.78, 5) is 13.4. The number of hydrogen-bond acceptors (Lipinski definition) is 3. The molecule has 116 valence electrons. The van der Waals surface area contributed by atoms with Crippen molar-refractivity contribution in [1.82, 2.24) is 4.90 Å². The van der Waals surface area contributed by atoms with Crippen LogP contribution >= 0.6 is 0 Å². The van der Waals surface area contributed by atoms with Gasteiger partial charge in [-0.2, -0.15) is 0 Å². The zero-order valence-corrected chi connectivity index (χ0v) is 12.8. The first kappa shape index (κ1) is 15.8. The van der Waals surface area contributed by atoms with Gasteiger partial charge in [-0.05, 0) is 49.9 Å². The zero-order chi connectivity index (χ0) is 15.1. The second-order valence-electron chi connectivity index (χ2n) is 5.75. The predicted molar refractivity (Wildman–Crippen MR) is 83.0 cm³/mol. The van der Waals surface area contributed by atoms with E-state index in [0.29, 0.717) is 12.4 Å². The van der Waals surface area contributed by atoms with Gasteiger partial charge in [0, 0.05) is 13.1 Å². The molecule has 1 aromatic rings.